The largest absolute Gasteiger partial charge is 0.352 e. The van der Waals surface area contributed by atoms with Crippen LogP contribution in [0.1, 0.15) is 44.9 Å². The fourth-order valence-electron chi connectivity index (χ4n) is 4.09. The summed E-state index contributed by atoms with van der Waals surface area (Å²) in [5.74, 6) is 0.118. The van der Waals surface area contributed by atoms with E-state index in [1.54, 1.807) is 0 Å². The first kappa shape index (κ1) is 18.5. The second kappa shape index (κ2) is 9.38. The van der Waals surface area contributed by atoms with Crippen LogP contribution < -0.4 is 16.0 Å². The molecule has 2 aliphatic heterocycles. The Morgan fingerprint density at radius 3 is 2.16 bits per heavy atom. The third kappa shape index (κ3) is 5.85. The van der Waals surface area contributed by atoms with Gasteiger partial charge in [0, 0.05) is 51.4 Å². The molecule has 0 atom stereocenters. The number of carbonyl (C=O) groups is 2. The number of piperidine rings is 1. The molecule has 3 amide bonds. The van der Waals surface area contributed by atoms with Gasteiger partial charge < -0.3 is 20.9 Å². The molecule has 0 aromatic heterocycles. The lowest BCUT2D eigenvalue weighted by atomic mass is 9.95. The van der Waals surface area contributed by atoms with E-state index in [0.717, 1.165) is 65.0 Å². The molecule has 0 aromatic rings. The molecule has 3 aliphatic rings. The molecule has 3 N–H and O–H groups in total. The van der Waals surface area contributed by atoms with Crippen molar-refractivity contribution in [3.05, 3.63) is 0 Å². The van der Waals surface area contributed by atoms with Gasteiger partial charge in [0.2, 0.25) is 5.91 Å². The summed E-state index contributed by atoms with van der Waals surface area (Å²) < 4.78 is 0. The van der Waals surface area contributed by atoms with Gasteiger partial charge in [-0.3, -0.25) is 9.69 Å². The number of rotatable bonds is 4. The zero-order valence-electron chi connectivity index (χ0n) is 15.3. The summed E-state index contributed by atoms with van der Waals surface area (Å²) in [7, 11) is 0. The topological polar surface area (TPSA) is 76.7 Å². The SMILES string of the molecule is O=C(CN1CCNCC1)NC1CCN(C(=O)NC2CCCCC2)CC1. The molecule has 3 fully saturated rings. The number of amides is 3. The van der Waals surface area contributed by atoms with Crippen molar-refractivity contribution in [2.24, 2.45) is 0 Å². The van der Waals surface area contributed by atoms with Crippen molar-refractivity contribution < 1.29 is 9.59 Å². The summed E-state index contributed by atoms with van der Waals surface area (Å²) in [4.78, 5) is 28.7. The Balaban J connectivity index is 1.33. The molecular weight excluding hydrogens is 318 g/mol. The van der Waals surface area contributed by atoms with Gasteiger partial charge in [0.25, 0.3) is 0 Å². The summed E-state index contributed by atoms with van der Waals surface area (Å²) in [5.41, 5.74) is 0. The van der Waals surface area contributed by atoms with Crippen molar-refractivity contribution in [1.82, 2.24) is 25.8 Å². The van der Waals surface area contributed by atoms with Crippen LogP contribution >= 0.6 is 0 Å². The van der Waals surface area contributed by atoms with Crippen LogP contribution in [0.2, 0.25) is 0 Å². The molecule has 2 saturated heterocycles. The minimum absolute atomic E-state index is 0.0810. The Morgan fingerprint density at radius 1 is 0.840 bits per heavy atom. The van der Waals surface area contributed by atoms with Crippen LogP contribution in [0.4, 0.5) is 4.79 Å². The number of hydrogen-bond acceptors (Lipinski definition) is 4. The zero-order valence-corrected chi connectivity index (χ0v) is 15.3. The number of nitrogens with one attached hydrogen (secondary N) is 3. The Hall–Kier alpha value is -1.34. The Kier molecular flexibility index (Phi) is 6.93. The molecule has 142 valence electrons. The second-order valence-corrected chi connectivity index (χ2v) is 7.64. The van der Waals surface area contributed by atoms with E-state index in [9.17, 15) is 9.59 Å². The fraction of sp³-hybridized carbons (Fsp3) is 0.889. The van der Waals surface area contributed by atoms with E-state index in [-0.39, 0.29) is 18.0 Å². The van der Waals surface area contributed by atoms with Gasteiger partial charge in [0.05, 0.1) is 6.54 Å². The predicted molar refractivity (Wildman–Crippen MR) is 97.5 cm³/mol. The lowest BCUT2D eigenvalue weighted by Crippen LogP contribution is -2.53. The van der Waals surface area contributed by atoms with E-state index < -0.39 is 0 Å². The van der Waals surface area contributed by atoms with E-state index in [2.05, 4.69) is 20.9 Å². The Bertz CT molecular complexity index is 439. The summed E-state index contributed by atoms with van der Waals surface area (Å²) in [6, 6.07) is 0.643. The average molecular weight is 351 g/mol. The standard InChI is InChI=1S/C18H33N5O2/c24-17(14-22-12-8-19-9-13-22)20-16-6-10-23(11-7-16)18(25)21-15-4-2-1-3-5-15/h15-16,19H,1-14H2,(H,20,24)(H,21,25). The first-order valence-electron chi connectivity index (χ1n) is 9.98. The van der Waals surface area contributed by atoms with Crippen molar-refractivity contribution in [2.45, 2.75) is 57.0 Å². The van der Waals surface area contributed by atoms with Crippen molar-refractivity contribution >= 4 is 11.9 Å². The third-order valence-electron chi connectivity index (χ3n) is 5.66. The number of carbonyl (C=O) groups excluding carboxylic acids is 2. The van der Waals surface area contributed by atoms with E-state index in [1.165, 1.54) is 19.3 Å². The zero-order chi connectivity index (χ0) is 17.5. The van der Waals surface area contributed by atoms with E-state index >= 15 is 0 Å². The molecule has 1 aliphatic carbocycles. The molecule has 7 heteroatoms. The molecule has 0 radical (unpaired) electrons. The molecule has 0 unspecified atom stereocenters. The van der Waals surface area contributed by atoms with Gasteiger partial charge in [-0.05, 0) is 25.7 Å². The molecule has 0 aromatic carbocycles. The van der Waals surface area contributed by atoms with Crippen LogP contribution in [0.5, 0.6) is 0 Å². The monoisotopic (exact) mass is 351 g/mol. The minimum Gasteiger partial charge on any atom is -0.352 e. The van der Waals surface area contributed by atoms with Gasteiger partial charge in [-0.2, -0.15) is 0 Å². The van der Waals surface area contributed by atoms with Crippen molar-refractivity contribution in [3.8, 4) is 0 Å². The number of urea groups is 1. The van der Waals surface area contributed by atoms with Gasteiger partial charge in [0.15, 0.2) is 0 Å². The second-order valence-electron chi connectivity index (χ2n) is 7.64. The molecule has 0 spiro atoms. The predicted octanol–water partition coefficient (Wildman–Crippen LogP) is 0.515. The molecular formula is C18H33N5O2. The minimum atomic E-state index is 0.0810. The molecule has 2 heterocycles. The van der Waals surface area contributed by atoms with Gasteiger partial charge in [-0.15, -0.1) is 0 Å². The van der Waals surface area contributed by atoms with Gasteiger partial charge in [-0.25, -0.2) is 4.79 Å². The van der Waals surface area contributed by atoms with Crippen LogP contribution in [-0.4, -0.2) is 79.6 Å². The quantitative estimate of drug-likeness (QED) is 0.690. The molecule has 0 bridgehead atoms. The summed E-state index contributed by atoms with van der Waals surface area (Å²) >= 11 is 0. The van der Waals surface area contributed by atoms with Crippen molar-refractivity contribution in [2.75, 3.05) is 45.8 Å². The smallest absolute Gasteiger partial charge is 0.317 e. The van der Waals surface area contributed by atoms with E-state index in [4.69, 9.17) is 0 Å². The average Bonchev–Trinajstić information content (AvgIpc) is 2.64. The van der Waals surface area contributed by atoms with Crippen LogP contribution in [0.25, 0.3) is 0 Å². The lowest BCUT2D eigenvalue weighted by molar-refractivity contribution is -0.123. The Morgan fingerprint density at radius 2 is 1.48 bits per heavy atom. The van der Waals surface area contributed by atoms with Crippen LogP contribution in [0.3, 0.4) is 0 Å². The fourth-order valence-corrected chi connectivity index (χ4v) is 4.09. The van der Waals surface area contributed by atoms with Crippen LogP contribution in [0, 0.1) is 0 Å². The summed E-state index contributed by atoms with van der Waals surface area (Å²) in [5, 5.41) is 9.63. The normalized spacial score (nSPS) is 24.1. The molecule has 3 rings (SSSR count). The highest BCUT2D eigenvalue weighted by molar-refractivity contribution is 5.78. The first-order chi connectivity index (χ1) is 12.2. The van der Waals surface area contributed by atoms with Gasteiger partial charge >= 0.3 is 6.03 Å². The Labute approximate surface area is 150 Å². The highest BCUT2D eigenvalue weighted by Crippen LogP contribution is 2.18. The first-order valence-corrected chi connectivity index (χ1v) is 9.98. The lowest BCUT2D eigenvalue weighted by Gasteiger charge is -2.34. The number of likely N-dealkylation sites (tertiary alicyclic amines) is 1. The van der Waals surface area contributed by atoms with E-state index in [0.29, 0.717) is 12.6 Å². The summed E-state index contributed by atoms with van der Waals surface area (Å²) in [6.45, 7) is 5.75. The van der Waals surface area contributed by atoms with E-state index in [1.807, 2.05) is 4.90 Å². The highest BCUT2D eigenvalue weighted by atomic mass is 16.2. The number of piperazine rings is 1. The van der Waals surface area contributed by atoms with Gasteiger partial charge in [-0.1, -0.05) is 19.3 Å². The number of hydrogen-bond donors (Lipinski definition) is 3. The van der Waals surface area contributed by atoms with Crippen molar-refractivity contribution in [3.63, 3.8) is 0 Å². The third-order valence-corrected chi connectivity index (χ3v) is 5.66. The number of nitrogens with zero attached hydrogens (tertiary/aromatic N) is 2. The highest BCUT2D eigenvalue weighted by Gasteiger charge is 2.26. The maximum atomic E-state index is 12.4. The molecule has 7 nitrogen and oxygen atoms in total. The van der Waals surface area contributed by atoms with Crippen molar-refractivity contribution in [1.29, 1.82) is 0 Å². The maximum Gasteiger partial charge on any atom is 0.317 e. The maximum absolute atomic E-state index is 12.4. The molecule has 1 saturated carbocycles. The summed E-state index contributed by atoms with van der Waals surface area (Å²) in [6.07, 6.45) is 7.69. The van der Waals surface area contributed by atoms with Crippen LogP contribution in [-0.2, 0) is 4.79 Å². The van der Waals surface area contributed by atoms with Crippen LogP contribution in [0.15, 0.2) is 0 Å². The van der Waals surface area contributed by atoms with Gasteiger partial charge in [0.1, 0.15) is 0 Å². The molecule has 25 heavy (non-hydrogen) atoms.